The first-order chi connectivity index (χ1) is 10.0. The summed E-state index contributed by atoms with van der Waals surface area (Å²) in [6.45, 7) is 1.94. The lowest BCUT2D eigenvalue weighted by molar-refractivity contribution is 0.595. The molecular formula is C16H16N2O2S. The molecule has 0 spiro atoms. The van der Waals surface area contributed by atoms with Crippen LogP contribution in [0.4, 0.5) is 0 Å². The Bertz CT molecular complexity index is 832. The first-order valence-corrected chi connectivity index (χ1v) is 8.42. The summed E-state index contributed by atoms with van der Waals surface area (Å²) >= 11 is 0. The molecule has 0 unspecified atom stereocenters. The second-order valence-electron chi connectivity index (χ2n) is 5.12. The molecule has 0 saturated heterocycles. The lowest BCUT2D eigenvalue weighted by Gasteiger charge is -2.04. The molecule has 0 radical (unpaired) electrons. The molecule has 0 bridgehead atoms. The van der Waals surface area contributed by atoms with Gasteiger partial charge in [-0.2, -0.15) is 0 Å². The fraction of sp³-hybridized carbons (Fsp3) is 0.188. The van der Waals surface area contributed by atoms with E-state index >= 15 is 0 Å². The molecule has 0 saturated carbocycles. The highest BCUT2D eigenvalue weighted by Gasteiger charge is 2.14. The molecular weight excluding hydrogens is 284 g/mol. The lowest BCUT2D eigenvalue weighted by Crippen LogP contribution is -2.09. The topological polar surface area (TPSA) is 62.8 Å². The van der Waals surface area contributed by atoms with Gasteiger partial charge in [-0.25, -0.2) is 13.4 Å². The number of aromatic nitrogens is 2. The average molecular weight is 300 g/mol. The molecule has 2 heterocycles. The summed E-state index contributed by atoms with van der Waals surface area (Å²) in [5.74, 6) is 0.0862. The summed E-state index contributed by atoms with van der Waals surface area (Å²) in [4.78, 5) is 7.74. The number of aromatic amines is 1. The maximum Gasteiger partial charge on any atom is 0.178 e. The number of nitrogens with zero attached hydrogens (tertiary/aromatic N) is 1. The van der Waals surface area contributed by atoms with E-state index in [0.717, 1.165) is 22.3 Å². The van der Waals surface area contributed by atoms with E-state index in [1.54, 1.807) is 18.3 Å². The Labute approximate surface area is 123 Å². The van der Waals surface area contributed by atoms with Crippen LogP contribution in [0.25, 0.3) is 11.0 Å². The van der Waals surface area contributed by atoms with Crippen LogP contribution in [0.3, 0.4) is 0 Å². The van der Waals surface area contributed by atoms with Crippen molar-refractivity contribution in [3.63, 3.8) is 0 Å². The zero-order valence-electron chi connectivity index (χ0n) is 11.7. The van der Waals surface area contributed by atoms with Gasteiger partial charge in [0.1, 0.15) is 5.65 Å². The molecule has 0 atom stereocenters. The fourth-order valence-electron chi connectivity index (χ4n) is 2.26. The second kappa shape index (κ2) is 5.33. The highest BCUT2D eigenvalue weighted by molar-refractivity contribution is 7.91. The zero-order valence-corrected chi connectivity index (χ0v) is 12.5. The fourth-order valence-corrected chi connectivity index (χ4v) is 3.53. The van der Waals surface area contributed by atoms with Gasteiger partial charge in [0.05, 0.1) is 10.6 Å². The van der Waals surface area contributed by atoms with Crippen molar-refractivity contribution in [3.05, 3.63) is 59.9 Å². The number of aryl methyl sites for hydroxylation is 2. The van der Waals surface area contributed by atoms with Crippen LogP contribution in [0.5, 0.6) is 0 Å². The smallest absolute Gasteiger partial charge is 0.178 e. The van der Waals surface area contributed by atoms with Gasteiger partial charge < -0.3 is 4.98 Å². The Hall–Kier alpha value is -2.14. The first kappa shape index (κ1) is 13.8. The highest BCUT2D eigenvalue weighted by Crippen LogP contribution is 2.16. The maximum atomic E-state index is 12.3. The minimum atomic E-state index is -3.25. The second-order valence-corrected chi connectivity index (χ2v) is 7.23. The summed E-state index contributed by atoms with van der Waals surface area (Å²) in [6.07, 6.45) is 2.16. The van der Waals surface area contributed by atoms with Crippen molar-refractivity contribution < 1.29 is 8.42 Å². The van der Waals surface area contributed by atoms with Crippen LogP contribution in [0.1, 0.15) is 11.3 Å². The molecule has 108 valence electrons. The molecule has 0 fully saturated rings. The number of fused-ring (bicyclic) bond motifs is 1. The van der Waals surface area contributed by atoms with E-state index in [1.165, 1.54) is 0 Å². The summed E-state index contributed by atoms with van der Waals surface area (Å²) < 4.78 is 24.6. The van der Waals surface area contributed by atoms with Crippen molar-refractivity contribution in [1.82, 2.24) is 9.97 Å². The molecule has 2 aromatic heterocycles. The number of rotatable bonds is 4. The van der Waals surface area contributed by atoms with Gasteiger partial charge in [0.2, 0.25) is 0 Å². The van der Waals surface area contributed by atoms with Gasteiger partial charge in [0.25, 0.3) is 0 Å². The number of benzene rings is 1. The van der Waals surface area contributed by atoms with Gasteiger partial charge in [-0.05, 0) is 37.3 Å². The van der Waals surface area contributed by atoms with Crippen molar-refractivity contribution >= 4 is 20.9 Å². The molecule has 0 amide bonds. The lowest BCUT2D eigenvalue weighted by atomic mass is 10.2. The highest BCUT2D eigenvalue weighted by atomic mass is 32.2. The quantitative estimate of drug-likeness (QED) is 0.806. The number of hydrogen-bond acceptors (Lipinski definition) is 3. The minimum Gasteiger partial charge on any atom is -0.343 e. The SMILES string of the molecule is Cc1ccc(S(=O)(=O)CCc2cc3cccnc3[nH]2)cc1. The first-order valence-electron chi connectivity index (χ1n) is 6.77. The predicted octanol–water partition coefficient (Wildman–Crippen LogP) is 2.89. The maximum absolute atomic E-state index is 12.3. The van der Waals surface area contributed by atoms with E-state index in [9.17, 15) is 8.42 Å². The molecule has 1 aromatic carbocycles. The van der Waals surface area contributed by atoms with Crippen LogP contribution in [-0.4, -0.2) is 24.1 Å². The van der Waals surface area contributed by atoms with Crippen molar-refractivity contribution in [2.75, 3.05) is 5.75 Å². The average Bonchev–Trinajstić information content (AvgIpc) is 2.89. The number of H-pyrrole nitrogens is 1. The molecule has 5 heteroatoms. The zero-order chi connectivity index (χ0) is 14.9. The summed E-state index contributed by atoms with van der Waals surface area (Å²) in [7, 11) is -3.25. The van der Waals surface area contributed by atoms with E-state index in [-0.39, 0.29) is 5.75 Å². The van der Waals surface area contributed by atoms with E-state index < -0.39 is 9.84 Å². The van der Waals surface area contributed by atoms with Crippen molar-refractivity contribution in [2.24, 2.45) is 0 Å². The normalized spacial score (nSPS) is 11.9. The molecule has 1 N–H and O–H groups in total. The third kappa shape index (κ3) is 2.97. The third-order valence-electron chi connectivity index (χ3n) is 3.47. The summed E-state index contributed by atoms with van der Waals surface area (Å²) in [5.41, 5.74) is 2.73. The van der Waals surface area contributed by atoms with Crippen molar-refractivity contribution in [2.45, 2.75) is 18.2 Å². The Balaban J connectivity index is 1.78. The number of hydrogen-bond donors (Lipinski definition) is 1. The van der Waals surface area contributed by atoms with Crippen LogP contribution in [0, 0.1) is 6.92 Å². The van der Waals surface area contributed by atoms with Gasteiger partial charge in [0, 0.05) is 23.7 Å². The number of sulfone groups is 1. The van der Waals surface area contributed by atoms with E-state index in [0.29, 0.717) is 11.3 Å². The van der Waals surface area contributed by atoms with Crippen LogP contribution in [-0.2, 0) is 16.3 Å². The number of pyridine rings is 1. The Morgan fingerprint density at radius 2 is 1.90 bits per heavy atom. The van der Waals surface area contributed by atoms with Gasteiger partial charge in [-0.3, -0.25) is 0 Å². The Morgan fingerprint density at radius 1 is 1.14 bits per heavy atom. The summed E-state index contributed by atoms with van der Waals surface area (Å²) in [5, 5.41) is 1.00. The van der Waals surface area contributed by atoms with E-state index in [4.69, 9.17) is 0 Å². The molecule has 21 heavy (non-hydrogen) atoms. The van der Waals surface area contributed by atoms with Crippen LogP contribution in [0.15, 0.2) is 53.6 Å². The van der Waals surface area contributed by atoms with Crippen LogP contribution >= 0.6 is 0 Å². The van der Waals surface area contributed by atoms with Gasteiger partial charge in [0.15, 0.2) is 9.84 Å². The molecule has 0 aliphatic rings. The van der Waals surface area contributed by atoms with Crippen molar-refractivity contribution in [1.29, 1.82) is 0 Å². The van der Waals surface area contributed by atoms with Gasteiger partial charge in [-0.1, -0.05) is 17.7 Å². The molecule has 0 aliphatic heterocycles. The minimum absolute atomic E-state index is 0.0862. The van der Waals surface area contributed by atoms with E-state index in [1.807, 2.05) is 37.3 Å². The Morgan fingerprint density at radius 3 is 2.62 bits per heavy atom. The number of nitrogens with one attached hydrogen (secondary N) is 1. The molecule has 4 nitrogen and oxygen atoms in total. The molecule has 0 aliphatic carbocycles. The van der Waals surface area contributed by atoms with Gasteiger partial charge >= 0.3 is 0 Å². The largest absolute Gasteiger partial charge is 0.343 e. The molecule has 3 aromatic rings. The van der Waals surface area contributed by atoms with Crippen LogP contribution in [0.2, 0.25) is 0 Å². The van der Waals surface area contributed by atoms with Crippen LogP contribution < -0.4 is 0 Å². The van der Waals surface area contributed by atoms with Crippen molar-refractivity contribution in [3.8, 4) is 0 Å². The third-order valence-corrected chi connectivity index (χ3v) is 5.20. The monoisotopic (exact) mass is 300 g/mol. The predicted molar refractivity (Wildman–Crippen MR) is 83.0 cm³/mol. The molecule has 3 rings (SSSR count). The van der Waals surface area contributed by atoms with Gasteiger partial charge in [-0.15, -0.1) is 0 Å². The Kier molecular flexibility index (Phi) is 3.51. The standard InChI is InChI=1S/C16H16N2O2S/c1-12-4-6-15(7-5-12)21(19,20)10-8-14-11-13-3-2-9-17-16(13)18-14/h2-7,9,11H,8,10H2,1H3,(H,17,18). The van der Waals surface area contributed by atoms with E-state index in [2.05, 4.69) is 9.97 Å². The summed E-state index contributed by atoms with van der Waals surface area (Å²) in [6, 6.07) is 12.7.